The van der Waals surface area contributed by atoms with E-state index in [0.717, 1.165) is 27.7 Å². The van der Waals surface area contributed by atoms with Gasteiger partial charge in [0.25, 0.3) is 5.56 Å². The van der Waals surface area contributed by atoms with E-state index in [0.29, 0.717) is 5.41 Å². The van der Waals surface area contributed by atoms with Gasteiger partial charge >= 0.3 is 0 Å². The molecule has 2 aromatic heterocycles. The summed E-state index contributed by atoms with van der Waals surface area (Å²) < 4.78 is 0.808. The second-order valence-corrected chi connectivity index (χ2v) is 9.41. The second kappa shape index (κ2) is 6.82. The van der Waals surface area contributed by atoms with Gasteiger partial charge in [-0.1, -0.05) is 36.8 Å². The Morgan fingerprint density at radius 2 is 1.86 bits per heavy atom. The molecule has 2 heterocycles. The Morgan fingerprint density at radius 1 is 1.10 bits per heavy atom. The predicted molar refractivity (Wildman–Crippen MR) is 124 cm³/mol. The minimum Gasteiger partial charge on any atom is -0.320 e. The van der Waals surface area contributed by atoms with Gasteiger partial charge < -0.3 is 10.3 Å². The molecule has 0 unspecified atom stereocenters. The third kappa shape index (κ3) is 2.77. The lowest BCUT2D eigenvalue weighted by Gasteiger charge is -2.42. The number of aromatic amines is 1. The zero-order valence-electron chi connectivity index (χ0n) is 17.2. The molecule has 4 aromatic rings. The fourth-order valence-corrected chi connectivity index (χ4v) is 5.94. The molecular formula is C25H26N2OS. The highest BCUT2D eigenvalue weighted by molar-refractivity contribution is 7.17. The number of likely N-dealkylation sites (N-methyl/N-ethyl adjacent to an activating group) is 1. The molecule has 29 heavy (non-hydrogen) atoms. The number of H-pyrrole nitrogens is 1. The number of rotatable bonds is 4. The van der Waals surface area contributed by atoms with Gasteiger partial charge in [0.2, 0.25) is 0 Å². The first-order valence-electron chi connectivity index (χ1n) is 10.3. The van der Waals surface area contributed by atoms with Crippen molar-refractivity contribution >= 4 is 32.3 Å². The van der Waals surface area contributed by atoms with Gasteiger partial charge in [0.1, 0.15) is 4.70 Å². The molecule has 0 atom stereocenters. The summed E-state index contributed by atoms with van der Waals surface area (Å²) in [6, 6.07) is 13.4. The molecule has 2 aromatic carbocycles. The van der Waals surface area contributed by atoms with Crippen molar-refractivity contribution < 1.29 is 0 Å². The zero-order chi connectivity index (χ0) is 20.2. The first-order chi connectivity index (χ1) is 14.0. The maximum Gasteiger partial charge on any atom is 0.266 e. The van der Waals surface area contributed by atoms with Crippen LogP contribution in [0.1, 0.15) is 36.0 Å². The molecule has 4 heteroatoms. The predicted octanol–water partition coefficient (Wildman–Crippen LogP) is 5.67. The van der Waals surface area contributed by atoms with Crippen molar-refractivity contribution in [2.75, 3.05) is 13.6 Å². The number of pyridine rings is 1. The number of fused-ring (bicyclic) bond motifs is 3. The summed E-state index contributed by atoms with van der Waals surface area (Å²) >= 11 is 1.52. The molecule has 0 radical (unpaired) electrons. The molecule has 0 spiro atoms. The van der Waals surface area contributed by atoms with Crippen LogP contribution in [0.15, 0.2) is 46.6 Å². The first kappa shape index (κ1) is 18.6. The first-order valence-corrected chi connectivity index (χ1v) is 11.2. The number of hydrogen-bond acceptors (Lipinski definition) is 3. The minimum atomic E-state index is 0.00902. The monoisotopic (exact) mass is 402 g/mol. The van der Waals surface area contributed by atoms with Gasteiger partial charge in [0.05, 0.1) is 5.52 Å². The molecule has 148 valence electrons. The standard InChI is InChI=1S/C25H26N2OS/c1-15-13-16(2)22-21(19-9-12-29-23(19)24(28)27-22)20(15)17-5-7-18(8-6-17)25(14-26-3)10-4-11-25/h5-9,12-13,26H,4,10-11,14H2,1-3H3,(H,27,28). The molecule has 1 saturated carbocycles. The lowest BCUT2D eigenvalue weighted by atomic mass is 9.64. The van der Waals surface area contributed by atoms with Crippen molar-refractivity contribution in [2.24, 2.45) is 0 Å². The molecule has 0 bridgehead atoms. The Morgan fingerprint density at radius 3 is 2.52 bits per heavy atom. The Balaban J connectivity index is 1.73. The largest absolute Gasteiger partial charge is 0.320 e. The van der Waals surface area contributed by atoms with Gasteiger partial charge in [-0.2, -0.15) is 0 Å². The molecule has 0 amide bonds. The summed E-state index contributed by atoms with van der Waals surface area (Å²) in [6.45, 7) is 5.29. The van der Waals surface area contributed by atoms with Gasteiger partial charge in [0.15, 0.2) is 0 Å². The normalized spacial score (nSPS) is 15.7. The van der Waals surface area contributed by atoms with Crippen LogP contribution in [0, 0.1) is 13.8 Å². The third-order valence-corrected chi connectivity index (χ3v) is 7.63. The topological polar surface area (TPSA) is 44.9 Å². The van der Waals surface area contributed by atoms with Gasteiger partial charge in [-0.05, 0) is 73.0 Å². The van der Waals surface area contributed by atoms with Crippen LogP contribution < -0.4 is 10.9 Å². The van der Waals surface area contributed by atoms with Gasteiger partial charge in [-0.25, -0.2) is 0 Å². The Hall–Kier alpha value is -2.43. The fourth-order valence-electron chi connectivity index (χ4n) is 5.14. The molecule has 1 aliphatic carbocycles. The van der Waals surface area contributed by atoms with Crippen LogP contribution in [0.4, 0.5) is 0 Å². The highest BCUT2D eigenvalue weighted by Gasteiger charge is 2.37. The van der Waals surface area contributed by atoms with Crippen LogP contribution in [-0.4, -0.2) is 18.6 Å². The van der Waals surface area contributed by atoms with E-state index in [1.165, 1.54) is 58.2 Å². The lowest BCUT2D eigenvalue weighted by Crippen LogP contribution is -2.42. The van der Waals surface area contributed by atoms with E-state index in [1.54, 1.807) is 0 Å². The van der Waals surface area contributed by atoms with Crippen LogP contribution in [0.5, 0.6) is 0 Å². The summed E-state index contributed by atoms with van der Waals surface area (Å²) in [7, 11) is 2.04. The lowest BCUT2D eigenvalue weighted by molar-refractivity contribution is 0.239. The third-order valence-electron chi connectivity index (χ3n) is 6.71. The number of thiophene rings is 1. The fraction of sp³-hybridized carbons (Fsp3) is 0.320. The van der Waals surface area contributed by atoms with E-state index in [1.807, 2.05) is 12.4 Å². The Kier molecular flexibility index (Phi) is 4.37. The van der Waals surface area contributed by atoms with Gasteiger partial charge in [-0.15, -0.1) is 11.3 Å². The Bertz CT molecular complexity index is 1280. The van der Waals surface area contributed by atoms with E-state index < -0.39 is 0 Å². The molecule has 0 aliphatic heterocycles. The summed E-state index contributed by atoms with van der Waals surface area (Å²) in [5.74, 6) is 0. The molecule has 0 saturated heterocycles. The van der Waals surface area contributed by atoms with Gasteiger partial charge in [-0.3, -0.25) is 4.79 Å². The summed E-state index contributed by atoms with van der Waals surface area (Å²) in [6.07, 6.45) is 3.83. The molecule has 2 N–H and O–H groups in total. The number of benzene rings is 2. The van der Waals surface area contributed by atoms with E-state index in [4.69, 9.17) is 0 Å². The Labute approximate surface area is 174 Å². The molecule has 5 rings (SSSR count). The van der Waals surface area contributed by atoms with Crippen LogP contribution >= 0.6 is 11.3 Å². The zero-order valence-corrected chi connectivity index (χ0v) is 18.0. The van der Waals surface area contributed by atoms with Gasteiger partial charge in [0, 0.05) is 22.7 Å². The highest BCUT2D eigenvalue weighted by Crippen LogP contribution is 2.44. The molecular weight excluding hydrogens is 376 g/mol. The molecule has 1 fully saturated rings. The van der Waals surface area contributed by atoms with E-state index >= 15 is 0 Å². The number of nitrogens with one attached hydrogen (secondary N) is 2. The van der Waals surface area contributed by atoms with Crippen molar-refractivity contribution in [1.29, 1.82) is 0 Å². The van der Waals surface area contributed by atoms with E-state index in [9.17, 15) is 4.79 Å². The van der Waals surface area contributed by atoms with Crippen LogP contribution in [0.2, 0.25) is 0 Å². The SMILES string of the molecule is CNCC1(c2ccc(-c3c(C)cc(C)c4[nH]c(=O)c5sccc5c34)cc2)CCC1. The maximum absolute atomic E-state index is 12.5. The van der Waals surface area contributed by atoms with Crippen molar-refractivity contribution in [3.63, 3.8) is 0 Å². The molecule has 1 aliphatic rings. The summed E-state index contributed by atoms with van der Waals surface area (Å²) in [4.78, 5) is 15.7. The maximum atomic E-state index is 12.5. The van der Waals surface area contributed by atoms with E-state index in [2.05, 4.69) is 60.5 Å². The minimum absolute atomic E-state index is 0.00902. The molecule has 3 nitrogen and oxygen atoms in total. The van der Waals surface area contributed by atoms with Crippen molar-refractivity contribution in [2.45, 2.75) is 38.5 Å². The van der Waals surface area contributed by atoms with Crippen molar-refractivity contribution in [1.82, 2.24) is 10.3 Å². The van der Waals surface area contributed by atoms with Crippen LogP contribution in [-0.2, 0) is 5.41 Å². The van der Waals surface area contributed by atoms with Crippen molar-refractivity contribution in [3.8, 4) is 11.1 Å². The van der Waals surface area contributed by atoms with Crippen LogP contribution in [0.25, 0.3) is 32.1 Å². The smallest absolute Gasteiger partial charge is 0.266 e. The average Bonchev–Trinajstić information content (AvgIpc) is 3.17. The summed E-state index contributed by atoms with van der Waals surface area (Å²) in [5.41, 5.74) is 7.50. The quantitative estimate of drug-likeness (QED) is 0.462. The average molecular weight is 403 g/mol. The van der Waals surface area contributed by atoms with Crippen LogP contribution in [0.3, 0.4) is 0 Å². The number of aromatic nitrogens is 1. The highest BCUT2D eigenvalue weighted by atomic mass is 32.1. The second-order valence-electron chi connectivity index (χ2n) is 8.49. The van der Waals surface area contributed by atoms with Crippen molar-refractivity contribution in [3.05, 3.63) is 68.8 Å². The number of aryl methyl sites for hydroxylation is 2. The summed E-state index contributed by atoms with van der Waals surface area (Å²) in [5, 5.41) is 7.63. The van der Waals surface area contributed by atoms with E-state index in [-0.39, 0.29) is 5.56 Å². The number of hydrogen-bond donors (Lipinski definition) is 2.